The molecule has 2 aromatic rings. The Hall–Kier alpha value is -1.97. The van der Waals surface area contributed by atoms with Crippen LogP contribution in [0.1, 0.15) is 18.7 Å². The van der Waals surface area contributed by atoms with Crippen molar-refractivity contribution in [2.45, 2.75) is 13.0 Å². The maximum Gasteiger partial charge on any atom is 0.241 e. The van der Waals surface area contributed by atoms with E-state index < -0.39 is 15.9 Å². The van der Waals surface area contributed by atoms with E-state index in [1.807, 2.05) is 37.3 Å². The Morgan fingerprint density at radius 3 is 2.70 bits per heavy atom. The first kappa shape index (κ1) is 17.4. The number of amides is 1. The van der Waals surface area contributed by atoms with E-state index in [2.05, 4.69) is 15.0 Å². The number of sulfonamides is 1. The molecule has 0 aliphatic carbocycles. The standard InChI is InChI=1S/C14H17N3O4S2/c1-10(21-11-6-4-3-5-7-11)12-9-22-14(16-12)17-13(18)8-15-23(2,19)20/h3-7,9-10,15H,8H2,1-2H3,(H,16,17,18). The van der Waals surface area contributed by atoms with Crippen molar-refractivity contribution in [3.63, 3.8) is 0 Å². The van der Waals surface area contributed by atoms with Crippen LogP contribution in [-0.2, 0) is 14.8 Å². The summed E-state index contributed by atoms with van der Waals surface area (Å²) in [7, 11) is -3.40. The molecule has 23 heavy (non-hydrogen) atoms. The maximum absolute atomic E-state index is 11.6. The first-order valence-corrected chi connectivity index (χ1v) is 9.52. The Kier molecular flexibility index (Phi) is 5.69. The Bertz CT molecular complexity index is 759. The van der Waals surface area contributed by atoms with E-state index in [9.17, 15) is 13.2 Å². The van der Waals surface area contributed by atoms with E-state index in [-0.39, 0.29) is 12.6 Å². The zero-order valence-corrected chi connectivity index (χ0v) is 14.3. The van der Waals surface area contributed by atoms with Gasteiger partial charge in [-0.1, -0.05) is 18.2 Å². The van der Waals surface area contributed by atoms with Crippen molar-refractivity contribution in [3.8, 4) is 5.75 Å². The van der Waals surface area contributed by atoms with Crippen LogP contribution in [0, 0.1) is 0 Å². The number of hydrogen-bond donors (Lipinski definition) is 2. The Morgan fingerprint density at radius 2 is 2.04 bits per heavy atom. The molecule has 1 unspecified atom stereocenters. The Labute approximate surface area is 138 Å². The van der Waals surface area contributed by atoms with Crippen molar-refractivity contribution in [1.82, 2.24) is 9.71 Å². The molecule has 1 aromatic heterocycles. The highest BCUT2D eigenvalue weighted by Gasteiger charge is 2.14. The first-order chi connectivity index (χ1) is 10.8. The van der Waals surface area contributed by atoms with E-state index in [0.717, 1.165) is 12.0 Å². The molecule has 9 heteroatoms. The fraction of sp³-hybridized carbons (Fsp3) is 0.286. The number of carbonyl (C=O) groups excluding carboxylic acids is 1. The number of hydrogen-bond acceptors (Lipinski definition) is 6. The fourth-order valence-corrected chi connectivity index (χ4v) is 2.85. The molecule has 0 saturated heterocycles. The summed E-state index contributed by atoms with van der Waals surface area (Å²) in [4.78, 5) is 15.9. The summed E-state index contributed by atoms with van der Waals surface area (Å²) in [5.41, 5.74) is 0.685. The number of anilines is 1. The van der Waals surface area contributed by atoms with Gasteiger partial charge < -0.3 is 10.1 Å². The van der Waals surface area contributed by atoms with E-state index in [4.69, 9.17) is 4.74 Å². The number of rotatable bonds is 7. The molecule has 0 fully saturated rings. The normalized spacial score (nSPS) is 12.6. The lowest BCUT2D eigenvalue weighted by molar-refractivity contribution is -0.115. The second kappa shape index (κ2) is 7.53. The van der Waals surface area contributed by atoms with Crippen molar-refractivity contribution in [2.24, 2.45) is 0 Å². The number of carbonyl (C=O) groups is 1. The minimum absolute atomic E-state index is 0.270. The lowest BCUT2D eigenvalue weighted by Gasteiger charge is -2.12. The smallest absolute Gasteiger partial charge is 0.241 e. The van der Waals surface area contributed by atoms with Crippen LogP contribution in [0.25, 0.3) is 0 Å². The van der Waals surface area contributed by atoms with Gasteiger partial charge in [0.15, 0.2) is 5.13 Å². The summed E-state index contributed by atoms with van der Waals surface area (Å²) >= 11 is 1.25. The number of thiazole rings is 1. The van der Waals surface area contributed by atoms with Crippen molar-refractivity contribution < 1.29 is 17.9 Å². The van der Waals surface area contributed by atoms with Crippen molar-refractivity contribution in [2.75, 3.05) is 18.1 Å². The third-order valence-corrected chi connectivity index (χ3v) is 4.18. The highest BCUT2D eigenvalue weighted by Crippen LogP contribution is 2.24. The molecule has 7 nitrogen and oxygen atoms in total. The molecule has 0 aliphatic heterocycles. The summed E-state index contributed by atoms with van der Waals surface area (Å²) < 4.78 is 29.7. The molecule has 124 valence electrons. The average Bonchev–Trinajstić information content (AvgIpc) is 2.94. The van der Waals surface area contributed by atoms with Crippen molar-refractivity contribution in [1.29, 1.82) is 0 Å². The van der Waals surface area contributed by atoms with Crippen LogP contribution in [0.4, 0.5) is 5.13 Å². The van der Waals surface area contributed by atoms with Gasteiger partial charge in [-0.15, -0.1) is 11.3 Å². The summed E-state index contributed by atoms with van der Waals surface area (Å²) in [5, 5.41) is 4.72. The van der Waals surface area contributed by atoms with Gasteiger partial charge in [0.05, 0.1) is 18.5 Å². The monoisotopic (exact) mass is 355 g/mol. The molecule has 1 heterocycles. The highest BCUT2D eigenvalue weighted by atomic mass is 32.2. The molecular weight excluding hydrogens is 338 g/mol. The fourth-order valence-electron chi connectivity index (χ4n) is 1.65. The summed E-state index contributed by atoms with van der Waals surface area (Å²) in [6.45, 7) is 1.53. The molecule has 0 radical (unpaired) electrons. The third kappa shape index (κ3) is 5.97. The zero-order valence-electron chi connectivity index (χ0n) is 12.6. The van der Waals surface area contributed by atoms with Gasteiger partial charge >= 0.3 is 0 Å². The molecule has 0 bridgehead atoms. The van der Waals surface area contributed by atoms with Gasteiger partial charge in [-0.2, -0.15) is 0 Å². The van der Waals surface area contributed by atoms with Crippen LogP contribution in [0.2, 0.25) is 0 Å². The summed E-state index contributed by atoms with van der Waals surface area (Å²) in [5.74, 6) is 0.254. The molecule has 2 rings (SSSR count). The number of nitrogens with zero attached hydrogens (tertiary/aromatic N) is 1. The predicted molar refractivity (Wildman–Crippen MR) is 89.1 cm³/mol. The van der Waals surface area contributed by atoms with E-state index in [1.165, 1.54) is 11.3 Å². The average molecular weight is 355 g/mol. The molecular formula is C14H17N3O4S2. The number of aromatic nitrogens is 1. The van der Waals surface area contributed by atoms with E-state index >= 15 is 0 Å². The van der Waals surface area contributed by atoms with Gasteiger partial charge in [-0.25, -0.2) is 18.1 Å². The van der Waals surface area contributed by atoms with Gasteiger partial charge in [0.2, 0.25) is 15.9 Å². The lowest BCUT2D eigenvalue weighted by atomic mass is 10.3. The first-order valence-electron chi connectivity index (χ1n) is 6.75. The topological polar surface area (TPSA) is 97.4 Å². The van der Waals surface area contributed by atoms with Gasteiger partial charge in [0.1, 0.15) is 11.9 Å². The number of ether oxygens (including phenoxy) is 1. The quantitative estimate of drug-likeness (QED) is 0.789. The molecule has 0 spiro atoms. The van der Waals surface area contributed by atoms with Crippen LogP contribution in [0.15, 0.2) is 35.7 Å². The Morgan fingerprint density at radius 1 is 1.35 bits per heavy atom. The second-order valence-electron chi connectivity index (χ2n) is 4.79. The maximum atomic E-state index is 11.6. The van der Waals surface area contributed by atoms with E-state index in [1.54, 1.807) is 5.38 Å². The van der Waals surface area contributed by atoms with Crippen molar-refractivity contribution >= 4 is 32.4 Å². The summed E-state index contributed by atoms with van der Waals surface area (Å²) in [6.07, 6.45) is 0.720. The van der Waals surface area contributed by atoms with Crippen LogP contribution >= 0.6 is 11.3 Å². The molecule has 2 N–H and O–H groups in total. The van der Waals surface area contributed by atoms with Crippen LogP contribution < -0.4 is 14.8 Å². The molecule has 1 aromatic carbocycles. The molecule has 0 aliphatic rings. The number of benzene rings is 1. The molecule has 1 amide bonds. The predicted octanol–water partition coefficient (Wildman–Crippen LogP) is 1.77. The molecule has 1 atom stereocenters. The SMILES string of the molecule is CC(Oc1ccccc1)c1csc(NC(=O)CNS(C)(=O)=O)n1. The van der Waals surface area contributed by atoms with Crippen LogP contribution in [0.3, 0.4) is 0 Å². The zero-order chi connectivity index (χ0) is 16.9. The van der Waals surface area contributed by atoms with E-state index in [0.29, 0.717) is 10.8 Å². The second-order valence-corrected chi connectivity index (χ2v) is 7.48. The molecule has 0 saturated carbocycles. The Balaban J connectivity index is 1.91. The van der Waals surface area contributed by atoms with Gasteiger partial charge in [-0.3, -0.25) is 4.79 Å². The summed E-state index contributed by atoms with van der Waals surface area (Å²) in [6, 6.07) is 9.36. The van der Waals surface area contributed by atoms with Crippen molar-refractivity contribution in [3.05, 3.63) is 41.4 Å². The highest BCUT2D eigenvalue weighted by molar-refractivity contribution is 7.88. The van der Waals surface area contributed by atoms with Gasteiger partial charge in [0, 0.05) is 5.38 Å². The van der Waals surface area contributed by atoms with Gasteiger partial charge in [0.25, 0.3) is 0 Å². The lowest BCUT2D eigenvalue weighted by Crippen LogP contribution is -2.32. The van der Waals surface area contributed by atoms with Crippen LogP contribution in [-0.4, -0.2) is 32.1 Å². The van der Waals surface area contributed by atoms with Gasteiger partial charge in [-0.05, 0) is 19.1 Å². The minimum Gasteiger partial charge on any atom is -0.484 e. The largest absolute Gasteiger partial charge is 0.484 e. The third-order valence-electron chi connectivity index (χ3n) is 2.74. The minimum atomic E-state index is -3.40. The number of nitrogens with one attached hydrogen (secondary N) is 2. The number of para-hydroxylation sites is 1. The van der Waals surface area contributed by atoms with Crippen LogP contribution in [0.5, 0.6) is 5.75 Å².